The van der Waals surface area contributed by atoms with Crippen LogP contribution in [0, 0.1) is 5.82 Å². The first-order valence-corrected chi connectivity index (χ1v) is 12.2. The number of hydrogen-bond acceptors (Lipinski definition) is 4. The molecule has 1 aromatic heterocycles. The highest BCUT2D eigenvalue weighted by atomic mass is 35.5. The van der Waals surface area contributed by atoms with Crippen LogP contribution in [0.3, 0.4) is 0 Å². The number of aliphatic hydroxyl groups is 1. The number of ether oxygens (including phenoxy) is 1. The highest BCUT2D eigenvalue weighted by Gasteiger charge is 2.20. The van der Waals surface area contributed by atoms with E-state index in [9.17, 15) is 19.1 Å². The molecule has 37 heavy (non-hydrogen) atoms. The predicted molar refractivity (Wildman–Crippen MR) is 141 cm³/mol. The van der Waals surface area contributed by atoms with Crippen molar-refractivity contribution >= 4 is 34.3 Å². The van der Waals surface area contributed by atoms with Gasteiger partial charge in [-0.2, -0.15) is 0 Å². The Balaban J connectivity index is 1.62. The lowest BCUT2D eigenvalue weighted by molar-refractivity contribution is 0.0911. The average Bonchev–Trinajstić information content (AvgIpc) is 3.28. The van der Waals surface area contributed by atoms with Gasteiger partial charge in [0.2, 0.25) is 5.91 Å². The smallest absolute Gasteiger partial charge is 0.255 e. The van der Waals surface area contributed by atoms with Gasteiger partial charge in [-0.3, -0.25) is 9.59 Å². The van der Waals surface area contributed by atoms with Crippen LogP contribution in [0.4, 0.5) is 4.39 Å². The molecule has 0 aliphatic rings. The second kappa shape index (κ2) is 11.5. The Morgan fingerprint density at radius 2 is 1.86 bits per heavy atom. The summed E-state index contributed by atoms with van der Waals surface area (Å²) in [5, 5.41) is 13.8. The Kier molecular flexibility index (Phi) is 8.11. The maximum absolute atomic E-state index is 13.8. The van der Waals surface area contributed by atoms with Gasteiger partial charge in [-0.05, 0) is 72.0 Å². The number of carbonyl (C=O) groups excluding carboxylic acids is 2. The fourth-order valence-electron chi connectivity index (χ4n) is 4.13. The van der Waals surface area contributed by atoms with Gasteiger partial charge in [0.05, 0.1) is 35.4 Å². The van der Waals surface area contributed by atoms with Crippen LogP contribution in [-0.4, -0.2) is 41.2 Å². The van der Waals surface area contributed by atoms with Gasteiger partial charge >= 0.3 is 0 Å². The molecule has 2 amide bonds. The largest absolute Gasteiger partial charge is 0.493 e. The van der Waals surface area contributed by atoms with Crippen molar-refractivity contribution in [2.24, 2.45) is 5.73 Å². The van der Waals surface area contributed by atoms with Crippen molar-refractivity contribution in [3.05, 3.63) is 88.3 Å². The number of halogens is 2. The van der Waals surface area contributed by atoms with Gasteiger partial charge in [0.15, 0.2) is 0 Å². The minimum atomic E-state index is -0.632. The Morgan fingerprint density at radius 3 is 2.57 bits per heavy atom. The molecule has 192 valence electrons. The summed E-state index contributed by atoms with van der Waals surface area (Å²) in [5.41, 5.74) is 8.74. The van der Waals surface area contributed by atoms with E-state index in [0.717, 1.165) is 17.5 Å². The summed E-state index contributed by atoms with van der Waals surface area (Å²) < 4.78 is 19.6. The molecule has 0 radical (unpaired) electrons. The maximum atomic E-state index is 13.8. The highest BCUT2D eigenvalue weighted by molar-refractivity contribution is 6.34. The lowest BCUT2D eigenvalue weighted by Gasteiger charge is -2.18. The van der Waals surface area contributed by atoms with Crippen LogP contribution in [0.15, 0.2) is 60.8 Å². The Labute approximate surface area is 218 Å². The van der Waals surface area contributed by atoms with Crippen molar-refractivity contribution in [2.75, 3.05) is 13.2 Å². The summed E-state index contributed by atoms with van der Waals surface area (Å²) in [7, 11) is 0. The van der Waals surface area contributed by atoms with Crippen LogP contribution in [0.25, 0.3) is 22.0 Å². The zero-order valence-corrected chi connectivity index (χ0v) is 20.9. The second-order valence-electron chi connectivity index (χ2n) is 8.68. The third-order valence-electron chi connectivity index (χ3n) is 6.01. The van der Waals surface area contributed by atoms with E-state index in [4.69, 9.17) is 22.1 Å². The number of amides is 2. The molecule has 1 heterocycles. The van der Waals surface area contributed by atoms with Gasteiger partial charge in [-0.1, -0.05) is 30.7 Å². The minimum absolute atomic E-state index is 0.203. The molecule has 0 saturated heterocycles. The second-order valence-corrected chi connectivity index (χ2v) is 9.09. The van der Waals surface area contributed by atoms with Gasteiger partial charge in [0, 0.05) is 17.1 Å². The summed E-state index contributed by atoms with van der Waals surface area (Å²) in [5.74, 6) is -1.03. The van der Waals surface area contributed by atoms with E-state index in [1.165, 1.54) is 18.2 Å². The maximum Gasteiger partial charge on any atom is 0.255 e. The number of hydrogen-bond donors (Lipinski definition) is 4. The van der Waals surface area contributed by atoms with Crippen molar-refractivity contribution in [1.29, 1.82) is 0 Å². The summed E-state index contributed by atoms with van der Waals surface area (Å²) in [6.07, 6.45) is 2.79. The van der Waals surface area contributed by atoms with Crippen molar-refractivity contribution in [1.82, 2.24) is 10.3 Å². The summed E-state index contributed by atoms with van der Waals surface area (Å²) in [6, 6.07) is 13.8. The molecule has 0 spiro atoms. The monoisotopic (exact) mass is 523 g/mol. The van der Waals surface area contributed by atoms with E-state index >= 15 is 0 Å². The molecule has 7 nitrogen and oxygen atoms in total. The Morgan fingerprint density at radius 1 is 1.11 bits per heavy atom. The van der Waals surface area contributed by atoms with Gasteiger partial charge in [-0.25, -0.2) is 4.39 Å². The number of nitrogens with two attached hydrogens (primary N) is 1. The SMILES string of the molecule is CCCOc1ccc(-c2ccc(C(N)=O)c(Cl)c2)cc1C(=O)NC(CO)Cc1c[nH]c2ccc(F)cc12. The van der Waals surface area contributed by atoms with Crippen LogP contribution < -0.4 is 15.8 Å². The Bertz CT molecular complexity index is 1450. The van der Waals surface area contributed by atoms with Crippen LogP contribution >= 0.6 is 11.6 Å². The number of fused-ring (bicyclic) bond motifs is 1. The fraction of sp³-hybridized carbons (Fsp3) is 0.214. The first-order chi connectivity index (χ1) is 17.8. The lowest BCUT2D eigenvalue weighted by atomic mass is 10.00. The number of carbonyl (C=O) groups is 2. The van der Waals surface area contributed by atoms with Crippen molar-refractivity contribution < 1.29 is 23.8 Å². The molecular weight excluding hydrogens is 497 g/mol. The molecule has 4 rings (SSSR count). The topological polar surface area (TPSA) is 117 Å². The molecule has 4 aromatic rings. The van der Waals surface area contributed by atoms with Crippen LogP contribution in [0.2, 0.25) is 5.02 Å². The van der Waals surface area contributed by atoms with E-state index in [0.29, 0.717) is 35.3 Å². The number of nitrogens with one attached hydrogen (secondary N) is 2. The minimum Gasteiger partial charge on any atom is -0.493 e. The van der Waals surface area contributed by atoms with E-state index < -0.39 is 17.9 Å². The number of benzene rings is 3. The number of rotatable bonds is 10. The lowest BCUT2D eigenvalue weighted by Crippen LogP contribution is -2.39. The number of aliphatic hydroxyl groups excluding tert-OH is 1. The molecule has 0 aliphatic heterocycles. The van der Waals surface area contributed by atoms with Gasteiger partial charge < -0.3 is 25.9 Å². The molecule has 0 fully saturated rings. The molecule has 0 saturated carbocycles. The third kappa shape index (κ3) is 5.93. The fourth-order valence-corrected chi connectivity index (χ4v) is 4.40. The van der Waals surface area contributed by atoms with E-state index in [1.807, 2.05) is 6.92 Å². The molecular formula is C28H27ClFN3O4. The number of H-pyrrole nitrogens is 1. The number of primary amides is 1. The molecule has 9 heteroatoms. The quantitative estimate of drug-likeness (QED) is 0.238. The van der Waals surface area contributed by atoms with Gasteiger partial charge in [0.1, 0.15) is 11.6 Å². The zero-order valence-electron chi connectivity index (χ0n) is 20.2. The normalized spacial score (nSPS) is 11.9. The van der Waals surface area contributed by atoms with Crippen molar-refractivity contribution in [2.45, 2.75) is 25.8 Å². The predicted octanol–water partition coefficient (Wildman–Crippen LogP) is 4.85. The van der Waals surface area contributed by atoms with E-state index in [1.54, 1.807) is 42.6 Å². The van der Waals surface area contributed by atoms with Crippen LogP contribution in [-0.2, 0) is 6.42 Å². The molecule has 1 unspecified atom stereocenters. The molecule has 1 atom stereocenters. The van der Waals surface area contributed by atoms with Crippen LogP contribution in [0.5, 0.6) is 5.75 Å². The average molecular weight is 524 g/mol. The first kappa shape index (κ1) is 26.2. The first-order valence-electron chi connectivity index (χ1n) is 11.8. The van der Waals surface area contributed by atoms with Gasteiger partial charge in [-0.15, -0.1) is 0 Å². The van der Waals surface area contributed by atoms with Crippen molar-refractivity contribution in [3.63, 3.8) is 0 Å². The summed E-state index contributed by atoms with van der Waals surface area (Å²) in [6.45, 7) is 2.06. The zero-order chi connectivity index (χ0) is 26.5. The number of aromatic nitrogens is 1. The van der Waals surface area contributed by atoms with Gasteiger partial charge in [0.25, 0.3) is 5.91 Å². The third-order valence-corrected chi connectivity index (χ3v) is 6.32. The molecule has 5 N–H and O–H groups in total. The number of aromatic amines is 1. The Hall–Kier alpha value is -3.88. The van der Waals surface area contributed by atoms with Crippen LogP contribution in [0.1, 0.15) is 39.6 Å². The highest BCUT2D eigenvalue weighted by Crippen LogP contribution is 2.30. The molecule has 0 aliphatic carbocycles. The summed E-state index contributed by atoms with van der Waals surface area (Å²) >= 11 is 6.22. The summed E-state index contributed by atoms with van der Waals surface area (Å²) in [4.78, 5) is 28.0. The van der Waals surface area contributed by atoms with Crippen molar-refractivity contribution in [3.8, 4) is 16.9 Å². The standard InChI is InChI=1S/C28H27ClFN3O4/c1-2-9-37-26-8-4-16(17-3-6-21(27(31)35)24(29)12-17)11-23(26)28(36)33-20(15-34)10-18-14-32-25-7-5-19(30)13-22(18)25/h3-8,11-14,20,32,34H,2,9-10,15H2,1H3,(H2,31,35)(H,33,36). The van der Waals surface area contributed by atoms with E-state index in [-0.39, 0.29) is 28.6 Å². The van der Waals surface area contributed by atoms with E-state index in [2.05, 4.69) is 10.3 Å². The molecule has 3 aromatic carbocycles. The molecule has 0 bridgehead atoms.